The number of carbonyl (C=O) groups is 3. The summed E-state index contributed by atoms with van der Waals surface area (Å²) in [5, 5.41) is 5.83. The van der Waals surface area contributed by atoms with Gasteiger partial charge in [0.05, 0.1) is 0 Å². The Bertz CT molecular complexity index is 1150. The molecule has 37 heavy (non-hydrogen) atoms. The number of nitrogens with zero attached hydrogens (tertiary/aromatic N) is 1. The van der Waals surface area contributed by atoms with Gasteiger partial charge in [0.1, 0.15) is 17.7 Å². The van der Waals surface area contributed by atoms with Crippen LogP contribution in [0.5, 0.6) is 0 Å². The van der Waals surface area contributed by atoms with Gasteiger partial charge in [-0.2, -0.15) is 0 Å². The van der Waals surface area contributed by atoms with E-state index >= 15 is 0 Å². The van der Waals surface area contributed by atoms with E-state index in [1.807, 2.05) is 77.1 Å². The fraction of sp³-hybridized carbons (Fsp3) is 0.500. The standard InChI is InChI=1S/C30H41N3O4/c1-18(2)25(32-29(36)37-30(6,7)8)28(35)33(23-15-16-23)26(22-14-13-19(3)21(5)17-22)27(34)31-24-12-10-9-11-20(24)4/h9-14,17-18,23,25-26H,15-16H2,1-8H3,(H,31,34)(H,32,36). The molecule has 2 N–H and O–H groups in total. The Morgan fingerprint density at radius 2 is 1.59 bits per heavy atom. The second kappa shape index (κ2) is 11.4. The first-order valence-electron chi connectivity index (χ1n) is 13.0. The van der Waals surface area contributed by atoms with Crippen molar-refractivity contribution in [3.05, 3.63) is 64.7 Å². The van der Waals surface area contributed by atoms with Crippen LogP contribution in [0, 0.1) is 26.7 Å². The van der Waals surface area contributed by atoms with Gasteiger partial charge in [-0.15, -0.1) is 0 Å². The van der Waals surface area contributed by atoms with Gasteiger partial charge in [-0.3, -0.25) is 9.59 Å². The molecule has 2 aromatic carbocycles. The van der Waals surface area contributed by atoms with E-state index in [-0.39, 0.29) is 23.8 Å². The number of rotatable bonds is 8. The largest absolute Gasteiger partial charge is 0.444 e. The summed E-state index contributed by atoms with van der Waals surface area (Å²) in [6.07, 6.45) is 0.964. The fourth-order valence-electron chi connectivity index (χ4n) is 4.27. The number of hydrogen-bond acceptors (Lipinski definition) is 4. The second-order valence-electron chi connectivity index (χ2n) is 11.4. The van der Waals surface area contributed by atoms with Crippen molar-refractivity contribution in [1.29, 1.82) is 0 Å². The van der Waals surface area contributed by atoms with E-state index in [0.29, 0.717) is 5.69 Å². The van der Waals surface area contributed by atoms with E-state index in [1.54, 1.807) is 25.7 Å². The zero-order valence-corrected chi connectivity index (χ0v) is 23.3. The van der Waals surface area contributed by atoms with Gasteiger partial charge in [0.2, 0.25) is 5.91 Å². The summed E-state index contributed by atoms with van der Waals surface area (Å²) < 4.78 is 5.44. The SMILES string of the molecule is Cc1ccc(C(C(=O)Nc2ccccc2C)N(C(=O)C(NC(=O)OC(C)(C)C)C(C)C)C2CC2)cc1C. The Hall–Kier alpha value is -3.35. The molecule has 3 rings (SSSR count). The van der Waals surface area contributed by atoms with Crippen LogP contribution in [0.25, 0.3) is 0 Å². The van der Waals surface area contributed by atoms with Crippen LogP contribution in [0.15, 0.2) is 42.5 Å². The van der Waals surface area contributed by atoms with Crippen molar-refractivity contribution in [1.82, 2.24) is 10.2 Å². The lowest BCUT2D eigenvalue weighted by atomic mass is 9.96. The molecule has 2 unspecified atom stereocenters. The van der Waals surface area contributed by atoms with E-state index in [2.05, 4.69) is 10.6 Å². The number of aryl methyl sites for hydroxylation is 3. The lowest BCUT2D eigenvalue weighted by Crippen LogP contribution is -2.55. The summed E-state index contributed by atoms with van der Waals surface area (Å²) in [7, 11) is 0. The number of anilines is 1. The molecule has 7 heteroatoms. The number of carbonyl (C=O) groups excluding carboxylic acids is 3. The molecule has 7 nitrogen and oxygen atoms in total. The maximum absolute atomic E-state index is 14.1. The van der Waals surface area contributed by atoms with Gasteiger partial charge in [-0.25, -0.2) is 4.79 Å². The highest BCUT2D eigenvalue weighted by Crippen LogP contribution is 2.37. The molecule has 0 aliphatic heterocycles. The quantitative estimate of drug-likeness (QED) is 0.470. The highest BCUT2D eigenvalue weighted by atomic mass is 16.6. The lowest BCUT2D eigenvalue weighted by Gasteiger charge is -2.36. The van der Waals surface area contributed by atoms with Crippen LogP contribution in [-0.2, 0) is 14.3 Å². The predicted molar refractivity (Wildman–Crippen MR) is 146 cm³/mol. The first kappa shape index (κ1) is 28.2. The number of hydrogen-bond donors (Lipinski definition) is 2. The van der Waals surface area contributed by atoms with Gasteiger partial charge < -0.3 is 20.3 Å². The van der Waals surface area contributed by atoms with E-state index < -0.39 is 23.8 Å². The summed E-state index contributed by atoms with van der Waals surface area (Å²) in [5.41, 5.74) is 3.84. The first-order valence-corrected chi connectivity index (χ1v) is 13.0. The third kappa shape index (κ3) is 7.34. The number of benzene rings is 2. The molecule has 0 spiro atoms. The number of amides is 3. The number of alkyl carbamates (subject to hydrolysis) is 1. The topological polar surface area (TPSA) is 87.7 Å². The summed E-state index contributed by atoms with van der Waals surface area (Å²) in [6, 6.07) is 11.7. The number of para-hydroxylation sites is 1. The Morgan fingerprint density at radius 1 is 0.946 bits per heavy atom. The van der Waals surface area contributed by atoms with Gasteiger partial charge >= 0.3 is 6.09 Å². The Morgan fingerprint density at radius 3 is 2.14 bits per heavy atom. The molecule has 1 fully saturated rings. The Kier molecular flexibility index (Phi) is 8.67. The lowest BCUT2D eigenvalue weighted by molar-refractivity contribution is -0.142. The monoisotopic (exact) mass is 507 g/mol. The van der Waals surface area contributed by atoms with Crippen molar-refractivity contribution >= 4 is 23.6 Å². The van der Waals surface area contributed by atoms with Crippen LogP contribution in [0.2, 0.25) is 0 Å². The molecule has 0 aromatic heterocycles. The molecular weight excluding hydrogens is 466 g/mol. The molecule has 200 valence electrons. The predicted octanol–water partition coefficient (Wildman–Crippen LogP) is 5.83. The molecule has 0 radical (unpaired) electrons. The molecule has 2 aromatic rings. The molecule has 1 aliphatic rings. The first-order chi connectivity index (χ1) is 17.3. The van der Waals surface area contributed by atoms with Crippen LogP contribution in [0.3, 0.4) is 0 Å². The van der Waals surface area contributed by atoms with Crippen molar-refractivity contribution in [2.24, 2.45) is 5.92 Å². The average Bonchev–Trinajstić information content (AvgIpc) is 3.62. The van der Waals surface area contributed by atoms with Crippen LogP contribution in [0.1, 0.15) is 75.8 Å². The van der Waals surface area contributed by atoms with Crippen LogP contribution in [0.4, 0.5) is 10.5 Å². The third-order valence-corrected chi connectivity index (χ3v) is 6.58. The summed E-state index contributed by atoms with van der Waals surface area (Å²) in [4.78, 5) is 42.4. The van der Waals surface area contributed by atoms with Crippen molar-refractivity contribution in [2.75, 3.05) is 5.32 Å². The van der Waals surface area contributed by atoms with Crippen LogP contribution < -0.4 is 10.6 Å². The van der Waals surface area contributed by atoms with Gasteiger partial charge in [-0.1, -0.05) is 50.2 Å². The van der Waals surface area contributed by atoms with Gasteiger partial charge in [0.25, 0.3) is 5.91 Å². The molecule has 0 heterocycles. The van der Waals surface area contributed by atoms with E-state index in [9.17, 15) is 14.4 Å². The van der Waals surface area contributed by atoms with Gasteiger partial charge in [-0.05, 0) is 88.6 Å². The smallest absolute Gasteiger partial charge is 0.408 e. The molecule has 1 saturated carbocycles. The molecule has 2 atom stereocenters. The Balaban J connectivity index is 2.01. The summed E-state index contributed by atoms with van der Waals surface area (Å²) in [5.74, 6) is -0.773. The zero-order chi connectivity index (χ0) is 27.5. The highest BCUT2D eigenvalue weighted by Gasteiger charge is 2.44. The number of ether oxygens (including phenoxy) is 1. The van der Waals surface area contributed by atoms with Crippen LogP contribution >= 0.6 is 0 Å². The van der Waals surface area contributed by atoms with E-state index in [1.165, 1.54) is 0 Å². The molecular formula is C30H41N3O4. The maximum atomic E-state index is 14.1. The normalized spacial score (nSPS) is 15.1. The van der Waals surface area contributed by atoms with E-state index in [0.717, 1.165) is 35.1 Å². The fourth-order valence-corrected chi connectivity index (χ4v) is 4.27. The Labute approximate surface area is 221 Å². The van der Waals surface area contributed by atoms with Crippen LogP contribution in [-0.4, -0.2) is 40.5 Å². The van der Waals surface area contributed by atoms with Crippen molar-refractivity contribution in [2.45, 2.75) is 92.0 Å². The third-order valence-electron chi connectivity index (χ3n) is 6.58. The minimum atomic E-state index is -0.847. The number of nitrogens with one attached hydrogen (secondary N) is 2. The van der Waals surface area contributed by atoms with Crippen molar-refractivity contribution in [3.63, 3.8) is 0 Å². The molecule has 0 saturated heterocycles. The molecule has 0 bridgehead atoms. The highest BCUT2D eigenvalue weighted by molar-refractivity contribution is 5.99. The summed E-state index contributed by atoms with van der Waals surface area (Å²) in [6.45, 7) is 15.0. The minimum Gasteiger partial charge on any atom is -0.444 e. The van der Waals surface area contributed by atoms with Crippen molar-refractivity contribution in [3.8, 4) is 0 Å². The van der Waals surface area contributed by atoms with E-state index in [4.69, 9.17) is 4.74 Å². The zero-order valence-electron chi connectivity index (χ0n) is 23.3. The van der Waals surface area contributed by atoms with Gasteiger partial charge in [0.15, 0.2) is 0 Å². The average molecular weight is 508 g/mol. The molecule has 1 aliphatic carbocycles. The van der Waals surface area contributed by atoms with Crippen molar-refractivity contribution < 1.29 is 19.1 Å². The minimum absolute atomic E-state index is 0.0802. The maximum Gasteiger partial charge on any atom is 0.408 e. The molecule has 3 amide bonds. The summed E-state index contributed by atoms with van der Waals surface area (Å²) >= 11 is 0. The second-order valence-corrected chi connectivity index (χ2v) is 11.4. The van der Waals surface area contributed by atoms with Gasteiger partial charge in [0, 0.05) is 11.7 Å².